The van der Waals surface area contributed by atoms with Gasteiger partial charge in [0.2, 0.25) is 0 Å². The van der Waals surface area contributed by atoms with Gasteiger partial charge in [0, 0.05) is 27.7 Å². The van der Waals surface area contributed by atoms with Crippen molar-refractivity contribution in [3.05, 3.63) is 21.9 Å². The Morgan fingerprint density at radius 1 is 1.43 bits per heavy atom. The predicted octanol–water partition coefficient (Wildman–Crippen LogP) is 3.17. The maximum absolute atomic E-state index is 5.91. The normalized spacial score (nSPS) is 26.1. The van der Waals surface area contributed by atoms with E-state index in [1.54, 1.807) is 0 Å². The number of alkyl halides is 1. The van der Waals surface area contributed by atoms with Gasteiger partial charge in [-0.15, -0.1) is 22.9 Å². The summed E-state index contributed by atoms with van der Waals surface area (Å²) in [5.74, 6) is 0. The molecule has 0 unspecified atom stereocenters. The zero-order chi connectivity index (χ0) is 9.97. The van der Waals surface area contributed by atoms with Crippen LogP contribution in [-0.4, -0.2) is 11.4 Å². The second kappa shape index (κ2) is 4.65. The van der Waals surface area contributed by atoms with E-state index in [-0.39, 0.29) is 0 Å². The molecule has 0 aromatic carbocycles. The lowest BCUT2D eigenvalue weighted by Gasteiger charge is -2.31. The number of hydrogen-bond acceptors (Lipinski definition) is 2. The van der Waals surface area contributed by atoms with Crippen LogP contribution in [0.15, 0.2) is 12.1 Å². The van der Waals surface area contributed by atoms with Crippen LogP contribution in [0.4, 0.5) is 0 Å². The van der Waals surface area contributed by atoms with Crippen molar-refractivity contribution in [1.29, 1.82) is 0 Å². The number of rotatable bonds is 4. The van der Waals surface area contributed by atoms with Crippen molar-refractivity contribution in [3.8, 4) is 0 Å². The van der Waals surface area contributed by atoms with Crippen molar-refractivity contribution < 1.29 is 0 Å². The van der Waals surface area contributed by atoms with Gasteiger partial charge in [-0.25, -0.2) is 0 Å². The first-order chi connectivity index (χ1) is 6.78. The Kier molecular flexibility index (Phi) is 3.47. The van der Waals surface area contributed by atoms with Crippen molar-refractivity contribution in [2.24, 2.45) is 0 Å². The van der Waals surface area contributed by atoms with Gasteiger partial charge in [0.1, 0.15) is 0 Å². The van der Waals surface area contributed by atoms with E-state index in [1.807, 2.05) is 11.3 Å². The molecule has 0 atom stereocenters. The molecule has 1 heterocycles. The molecular weight excluding hydrogens is 214 g/mol. The van der Waals surface area contributed by atoms with Gasteiger partial charge in [-0.2, -0.15) is 0 Å². The number of halogens is 1. The van der Waals surface area contributed by atoms with Gasteiger partial charge in [-0.3, -0.25) is 0 Å². The van der Waals surface area contributed by atoms with Crippen LogP contribution in [0.1, 0.15) is 29.5 Å². The Labute approximate surface area is 94.5 Å². The van der Waals surface area contributed by atoms with Crippen LogP contribution in [0.3, 0.4) is 0 Å². The first kappa shape index (κ1) is 10.5. The fourth-order valence-corrected chi connectivity index (χ4v) is 3.01. The van der Waals surface area contributed by atoms with Crippen LogP contribution in [-0.2, 0) is 13.0 Å². The Balaban J connectivity index is 1.75. The fourth-order valence-electron chi connectivity index (χ4n) is 1.67. The van der Waals surface area contributed by atoms with Crippen LogP contribution in [0, 0.1) is 0 Å². The van der Waals surface area contributed by atoms with Gasteiger partial charge in [0.15, 0.2) is 0 Å². The fraction of sp³-hybridized carbons (Fsp3) is 0.636. The standard InChI is InChI=1S/C11H16ClNS/c1-2-10-3-4-11(14-10)7-13-9-5-8(12)6-9/h3-4,8-9,13H,2,5-7H2,1H3. The highest BCUT2D eigenvalue weighted by molar-refractivity contribution is 7.11. The minimum Gasteiger partial charge on any atom is -0.309 e. The zero-order valence-electron chi connectivity index (χ0n) is 8.42. The molecule has 1 aliphatic rings. The second-order valence-electron chi connectivity index (χ2n) is 3.87. The SMILES string of the molecule is CCc1ccc(CNC2CC(Cl)C2)s1. The average molecular weight is 230 g/mol. The lowest BCUT2D eigenvalue weighted by molar-refractivity contribution is 0.346. The third-order valence-corrected chi connectivity index (χ3v) is 4.30. The van der Waals surface area contributed by atoms with Gasteiger partial charge in [-0.1, -0.05) is 6.92 Å². The summed E-state index contributed by atoms with van der Waals surface area (Å²) in [6, 6.07) is 5.12. The van der Waals surface area contributed by atoms with Crippen molar-refractivity contribution in [2.75, 3.05) is 0 Å². The van der Waals surface area contributed by atoms with Gasteiger partial charge in [0.25, 0.3) is 0 Å². The summed E-state index contributed by atoms with van der Waals surface area (Å²) < 4.78 is 0. The average Bonchev–Trinajstić information content (AvgIpc) is 2.58. The quantitative estimate of drug-likeness (QED) is 0.783. The Bertz CT molecular complexity index is 291. The topological polar surface area (TPSA) is 12.0 Å². The maximum Gasteiger partial charge on any atom is 0.0365 e. The predicted molar refractivity (Wildman–Crippen MR) is 63.2 cm³/mol. The number of hydrogen-bond donors (Lipinski definition) is 1. The zero-order valence-corrected chi connectivity index (χ0v) is 10.00. The molecule has 3 heteroatoms. The molecule has 14 heavy (non-hydrogen) atoms. The van der Waals surface area contributed by atoms with Gasteiger partial charge in [0.05, 0.1) is 0 Å². The largest absolute Gasteiger partial charge is 0.309 e. The molecule has 0 saturated heterocycles. The van der Waals surface area contributed by atoms with E-state index in [1.165, 1.54) is 9.75 Å². The molecule has 1 saturated carbocycles. The molecule has 1 fully saturated rings. The van der Waals surface area contributed by atoms with Crippen LogP contribution in [0.5, 0.6) is 0 Å². The lowest BCUT2D eigenvalue weighted by Crippen LogP contribution is -2.41. The van der Waals surface area contributed by atoms with E-state index in [0.717, 1.165) is 25.8 Å². The highest BCUT2D eigenvalue weighted by Gasteiger charge is 2.26. The minimum absolute atomic E-state index is 0.419. The van der Waals surface area contributed by atoms with Gasteiger partial charge < -0.3 is 5.32 Å². The number of nitrogens with one attached hydrogen (secondary N) is 1. The summed E-state index contributed by atoms with van der Waals surface area (Å²) >= 11 is 7.83. The van der Waals surface area contributed by atoms with Crippen LogP contribution < -0.4 is 5.32 Å². The summed E-state index contributed by atoms with van der Waals surface area (Å²) in [7, 11) is 0. The summed E-state index contributed by atoms with van der Waals surface area (Å²) in [5, 5.41) is 3.95. The van der Waals surface area contributed by atoms with Crippen molar-refractivity contribution in [3.63, 3.8) is 0 Å². The molecule has 1 aromatic heterocycles. The van der Waals surface area contributed by atoms with Crippen molar-refractivity contribution in [2.45, 2.75) is 44.1 Å². The monoisotopic (exact) mass is 229 g/mol. The van der Waals surface area contributed by atoms with E-state index in [0.29, 0.717) is 11.4 Å². The Morgan fingerprint density at radius 2 is 2.14 bits per heavy atom. The Hall–Kier alpha value is -0.0500. The minimum atomic E-state index is 0.419. The third-order valence-electron chi connectivity index (χ3n) is 2.71. The van der Waals surface area contributed by atoms with Crippen molar-refractivity contribution >= 4 is 22.9 Å². The summed E-state index contributed by atoms with van der Waals surface area (Å²) in [4.78, 5) is 2.92. The molecule has 0 amide bonds. The van der Waals surface area contributed by atoms with Crippen LogP contribution >= 0.6 is 22.9 Å². The smallest absolute Gasteiger partial charge is 0.0365 e. The molecule has 0 radical (unpaired) electrons. The molecule has 1 nitrogen and oxygen atoms in total. The Morgan fingerprint density at radius 3 is 2.71 bits per heavy atom. The highest BCUT2D eigenvalue weighted by atomic mass is 35.5. The van der Waals surface area contributed by atoms with E-state index in [4.69, 9.17) is 11.6 Å². The van der Waals surface area contributed by atoms with Gasteiger partial charge >= 0.3 is 0 Å². The lowest BCUT2D eigenvalue weighted by atomic mass is 9.92. The first-order valence-electron chi connectivity index (χ1n) is 5.23. The molecule has 0 spiro atoms. The molecular formula is C11H16ClNS. The molecule has 2 rings (SSSR count). The van der Waals surface area contributed by atoms with Gasteiger partial charge in [-0.05, 0) is 31.4 Å². The number of thiophene rings is 1. The van der Waals surface area contributed by atoms with E-state index in [2.05, 4.69) is 24.4 Å². The molecule has 1 aliphatic carbocycles. The molecule has 78 valence electrons. The maximum atomic E-state index is 5.91. The molecule has 0 aliphatic heterocycles. The number of aryl methyl sites for hydroxylation is 1. The first-order valence-corrected chi connectivity index (χ1v) is 6.48. The molecule has 1 aromatic rings. The van der Waals surface area contributed by atoms with Crippen LogP contribution in [0.2, 0.25) is 0 Å². The van der Waals surface area contributed by atoms with E-state index in [9.17, 15) is 0 Å². The second-order valence-corrected chi connectivity index (χ2v) is 5.74. The van der Waals surface area contributed by atoms with E-state index < -0.39 is 0 Å². The van der Waals surface area contributed by atoms with Crippen LogP contribution in [0.25, 0.3) is 0 Å². The van der Waals surface area contributed by atoms with Crippen molar-refractivity contribution in [1.82, 2.24) is 5.32 Å². The summed E-state index contributed by atoms with van der Waals surface area (Å²) in [5.41, 5.74) is 0. The third kappa shape index (κ3) is 2.50. The van der Waals surface area contributed by atoms with E-state index >= 15 is 0 Å². The highest BCUT2D eigenvalue weighted by Crippen LogP contribution is 2.26. The molecule has 1 N–H and O–H groups in total. The summed E-state index contributed by atoms with van der Waals surface area (Å²) in [6.07, 6.45) is 3.42. The summed E-state index contributed by atoms with van der Waals surface area (Å²) in [6.45, 7) is 3.21. The molecule has 0 bridgehead atoms.